The molecule has 0 aliphatic rings. The Morgan fingerprint density at radius 1 is 1.36 bits per heavy atom. The van der Waals surface area contributed by atoms with Gasteiger partial charge in [-0.1, -0.05) is 32.5 Å². The lowest BCUT2D eigenvalue weighted by Crippen LogP contribution is -2.24. The van der Waals surface area contributed by atoms with Gasteiger partial charge >= 0.3 is 0 Å². The van der Waals surface area contributed by atoms with Gasteiger partial charge in [0.15, 0.2) is 10.8 Å². The number of hydrogen-bond donors (Lipinski definition) is 1. The van der Waals surface area contributed by atoms with Crippen LogP contribution in [0.3, 0.4) is 0 Å². The predicted molar refractivity (Wildman–Crippen MR) is 87.8 cm³/mol. The molecular weight excluding hydrogens is 320 g/mol. The number of rotatable bonds is 3. The quantitative estimate of drug-likeness (QED) is 0.578. The second-order valence-corrected chi connectivity index (χ2v) is 7.67. The molecule has 22 heavy (non-hydrogen) atoms. The molecule has 0 aromatic carbocycles. The van der Waals surface area contributed by atoms with E-state index in [1.165, 1.54) is 38.2 Å². The molecule has 0 bridgehead atoms. The first-order valence-electron chi connectivity index (χ1n) is 6.66. The van der Waals surface area contributed by atoms with Crippen LogP contribution in [0, 0.1) is 0 Å². The van der Waals surface area contributed by atoms with Crippen molar-refractivity contribution in [2.45, 2.75) is 37.1 Å². The molecule has 0 radical (unpaired) electrons. The lowest BCUT2D eigenvalue weighted by molar-refractivity contribution is 0.523. The average molecular weight is 336 g/mol. The second kappa shape index (κ2) is 5.40. The second-order valence-electron chi connectivity index (χ2n) is 5.86. The van der Waals surface area contributed by atoms with Gasteiger partial charge in [-0.15, -0.1) is 21.5 Å². The van der Waals surface area contributed by atoms with Crippen molar-refractivity contribution in [2.24, 2.45) is 0 Å². The molecule has 0 amide bonds. The fourth-order valence-electron chi connectivity index (χ4n) is 1.99. The summed E-state index contributed by atoms with van der Waals surface area (Å²) in [6.07, 6.45) is 1.72. The molecule has 3 heterocycles. The van der Waals surface area contributed by atoms with Crippen molar-refractivity contribution in [1.29, 1.82) is 0 Å². The van der Waals surface area contributed by atoms with Gasteiger partial charge in [0, 0.05) is 28.8 Å². The fourth-order valence-corrected chi connectivity index (χ4v) is 3.47. The average Bonchev–Trinajstić information content (AvgIpc) is 3.02. The van der Waals surface area contributed by atoms with Crippen LogP contribution in [0.5, 0.6) is 0 Å². The minimum Gasteiger partial charge on any atom is -0.336 e. The molecule has 0 aliphatic carbocycles. The molecule has 0 unspecified atom stereocenters. The Morgan fingerprint density at radius 2 is 2.14 bits per heavy atom. The Morgan fingerprint density at radius 3 is 2.82 bits per heavy atom. The molecule has 0 saturated heterocycles. The van der Waals surface area contributed by atoms with E-state index in [1.54, 1.807) is 6.20 Å². The van der Waals surface area contributed by atoms with Crippen LogP contribution in [-0.4, -0.2) is 24.3 Å². The monoisotopic (exact) mass is 336 g/mol. The minimum absolute atomic E-state index is 0.0774. The number of fused-ring (bicyclic) bond motifs is 1. The molecule has 0 saturated carbocycles. The summed E-state index contributed by atoms with van der Waals surface area (Å²) in [5, 5.41) is 10.7. The summed E-state index contributed by atoms with van der Waals surface area (Å²) < 4.78 is 3.03. The van der Waals surface area contributed by atoms with Crippen LogP contribution < -0.4 is 11.4 Å². The lowest BCUT2D eigenvalue weighted by Gasteiger charge is -2.16. The summed E-state index contributed by atoms with van der Waals surface area (Å²) in [4.78, 5) is 17.1. The lowest BCUT2D eigenvalue weighted by atomic mass is 9.96. The first-order chi connectivity index (χ1) is 10.4. The molecule has 0 fully saturated rings. The van der Waals surface area contributed by atoms with E-state index in [0.29, 0.717) is 21.6 Å². The van der Waals surface area contributed by atoms with E-state index in [9.17, 15) is 4.79 Å². The fraction of sp³-hybridized carbons (Fsp3) is 0.385. The first-order valence-corrected chi connectivity index (χ1v) is 8.52. The van der Waals surface area contributed by atoms with Crippen molar-refractivity contribution < 1.29 is 0 Å². The van der Waals surface area contributed by atoms with E-state index in [1.807, 2.05) is 26.2 Å². The van der Waals surface area contributed by atoms with Crippen molar-refractivity contribution >= 4 is 28.1 Å². The van der Waals surface area contributed by atoms with Gasteiger partial charge < -0.3 is 5.84 Å². The zero-order valence-electron chi connectivity index (χ0n) is 12.5. The summed E-state index contributed by atoms with van der Waals surface area (Å²) in [6.45, 7) is 6.09. The number of thiazole rings is 1. The molecule has 0 atom stereocenters. The predicted octanol–water partition coefficient (Wildman–Crippen LogP) is 1.65. The van der Waals surface area contributed by atoms with Crippen LogP contribution in [-0.2, 0) is 11.2 Å². The van der Waals surface area contributed by atoms with Gasteiger partial charge in [-0.3, -0.25) is 9.20 Å². The molecule has 2 N–H and O–H groups in total. The third-order valence-electron chi connectivity index (χ3n) is 3.04. The molecule has 3 rings (SSSR count). The third kappa shape index (κ3) is 2.73. The first kappa shape index (κ1) is 15.0. The van der Waals surface area contributed by atoms with Crippen LogP contribution in [0.15, 0.2) is 27.6 Å². The molecule has 9 heteroatoms. The zero-order chi connectivity index (χ0) is 15.9. The van der Waals surface area contributed by atoms with Gasteiger partial charge in [-0.2, -0.15) is 0 Å². The van der Waals surface area contributed by atoms with E-state index in [-0.39, 0.29) is 11.0 Å². The van der Waals surface area contributed by atoms with Gasteiger partial charge in [0.1, 0.15) is 0 Å². The normalized spacial score (nSPS) is 12.1. The Balaban J connectivity index is 1.82. The summed E-state index contributed by atoms with van der Waals surface area (Å²) in [5.41, 5.74) is 0.456. The Labute approximate surface area is 135 Å². The van der Waals surface area contributed by atoms with Crippen LogP contribution in [0.2, 0.25) is 0 Å². The molecule has 3 aromatic heterocycles. The third-order valence-corrected chi connectivity index (χ3v) is 4.77. The van der Waals surface area contributed by atoms with E-state index in [0.717, 1.165) is 5.82 Å². The van der Waals surface area contributed by atoms with Crippen molar-refractivity contribution in [3.8, 4) is 0 Å². The standard InChI is InChI=1S/C13H16N6OS2/c1-13(2,3)10-16-17-12(19(10)14)22-7-8-6-9(20)18-4-5-21-11(18)15-8/h4-6H,7,14H2,1-3H3. The largest absolute Gasteiger partial charge is 0.336 e. The van der Waals surface area contributed by atoms with Crippen molar-refractivity contribution in [3.63, 3.8) is 0 Å². The maximum absolute atomic E-state index is 11.9. The van der Waals surface area contributed by atoms with E-state index >= 15 is 0 Å². The molecule has 3 aromatic rings. The van der Waals surface area contributed by atoms with Crippen molar-refractivity contribution in [1.82, 2.24) is 24.3 Å². The van der Waals surface area contributed by atoms with Crippen LogP contribution in [0.4, 0.5) is 0 Å². The van der Waals surface area contributed by atoms with Gasteiger partial charge in [-0.05, 0) is 0 Å². The number of hydrogen-bond acceptors (Lipinski definition) is 7. The summed E-state index contributed by atoms with van der Waals surface area (Å²) in [7, 11) is 0. The number of thioether (sulfide) groups is 1. The number of nitrogens with zero attached hydrogens (tertiary/aromatic N) is 5. The highest BCUT2D eigenvalue weighted by Crippen LogP contribution is 2.25. The Hall–Kier alpha value is -1.87. The molecule has 0 aliphatic heterocycles. The maximum Gasteiger partial charge on any atom is 0.258 e. The van der Waals surface area contributed by atoms with E-state index < -0.39 is 0 Å². The zero-order valence-corrected chi connectivity index (χ0v) is 14.1. The number of nitrogen functional groups attached to an aromatic ring is 1. The highest BCUT2D eigenvalue weighted by atomic mass is 32.2. The maximum atomic E-state index is 11.9. The number of nitrogens with two attached hydrogens (primary N) is 1. The number of aromatic nitrogens is 5. The Bertz CT molecular complexity index is 873. The van der Waals surface area contributed by atoms with Crippen LogP contribution in [0.25, 0.3) is 4.96 Å². The van der Waals surface area contributed by atoms with Crippen molar-refractivity contribution in [3.05, 3.63) is 39.5 Å². The van der Waals surface area contributed by atoms with E-state index in [2.05, 4.69) is 15.2 Å². The highest BCUT2D eigenvalue weighted by Gasteiger charge is 2.23. The molecule has 116 valence electrons. The topological polar surface area (TPSA) is 91.1 Å². The highest BCUT2D eigenvalue weighted by molar-refractivity contribution is 7.98. The molecule has 7 nitrogen and oxygen atoms in total. The van der Waals surface area contributed by atoms with Gasteiger partial charge in [0.25, 0.3) is 5.56 Å². The minimum atomic E-state index is -0.173. The van der Waals surface area contributed by atoms with Gasteiger partial charge in [0.2, 0.25) is 5.16 Å². The molecular formula is C13H16N6OS2. The summed E-state index contributed by atoms with van der Waals surface area (Å²) in [6, 6.07) is 1.54. The van der Waals surface area contributed by atoms with Crippen LogP contribution >= 0.6 is 23.1 Å². The van der Waals surface area contributed by atoms with Crippen LogP contribution in [0.1, 0.15) is 32.3 Å². The molecule has 0 spiro atoms. The van der Waals surface area contributed by atoms with Gasteiger partial charge in [0.05, 0.1) is 5.69 Å². The van der Waals surface area contributed by atoms with Crippen molar-refractivity contribution in [2.75, 3.05) is 5.84 Å². The smallest absolute Gasteiger partial charge is 0.258 e. The summed E-state index contributed by atoms with van der Waals surface area (Å²) in [5.74, 6) is 7.28. The van der Waals surface area contributed by atoms with Gasteiger partial charge in [-0.25, -0.2) is 9.66 Å². The Kier molecular flexibility index (Phi) is 3.69. The summed E-state index contributed by atoms with van der Waals surface area (Å²) >= 11 is 2.85. The SMILES string of the molecule is CC(C)(C)c1nnc(SCc2cc(=O)n3ccsc3n2)n1N. The van der Waals surface area contributed by atoms with E-state index in [4.69, 9.17) is 5.84 Å².